The summed E-state index contributed by atoms with van der Waals surface area (Å²) < 4.78 is 0. The Balaban J connectivity index is 3.60. The van der Waals surface area contributed by atoms with Crippen LogP contribution in [0.4, 0.5) is 0 Å². The van der Waals surface area contributed by atoms with Crippen LogP contribution in [0.3, 0.4) is 0 Å². The molecule has 0 saturated heterocycles. The molecule has 0 aromatic heterocycles. The number of allylic oxidation sites excluding steroid dienone is 8. The van der Waals surface area contributed by atoms with Gasteiger partial charge in [-0.15, -0.1) is 0 Å². The van der Waals surface area contributed by atoms with Crippen molar-refractivity contribution in [3.8, 4) is 0 Å². The molecule has 0 bridgehead atoms. The first-order valence-electron chi connectivity index (χ1n) is 10.7. The minimum Gasteiger partial charge on any atom is -0.395 e. The standard InChI is InChI=1S/C24H41NO2/c1-3-5-6-7-8-9-10-11-12-13-14-15-16-17-18-19-20-21-24(27)25(4-2)22-23-26/h8-9,11-12,14-15,17-18,26H,3-7,10,13,16,19-23H2,1-2H3/b9-8-,12-11-,15-14-,18-17-. The topological polar surface area (TPSA) is 40.5 Å². The van der Waals surface area contributed by atoms with Gasteiger partial charge in [-0.05, 0) is 51.9 Å². The van der Waals surface area contributed by atoms with E-state index >= 15 is 0 Å². The first-order chi connectivity index (χ1) is 13.3. The number of amides is 1. The Bertz CT molecular complexity index is 449. The lowest BCUT2D eigenvalue weighted by Crippen LogP contribution is -2.33. The van der Waals surface area contributed by atoms with Crippen molar-refractivity contribution in [1.82, 2.24) is 4.90 Å². The van der Waals surface area contributed by atoms with Gasteiger partial charge in [0.05, 0.1) is 6.61 Å². The molecule has 0 spiro atoms. The number of nitrogens with zero attached hydrogens (tertiary/aromatic N) is 1. The second-order valence-corrected chi connectivity index (χ2v) is 6.68. The van der Waals surface area contributed by atoms with E-state index in [0.29, 0.717) is 19.5 Å². The molecule has 0 radical (unpaired) electrons. The lowest BCUT2D eigenvalue weighted by Gasteiger charge is -2.19. The average Bonchev–Trinajstić information content (AvgIpc) is 2.68. The molecule has 27 heavy (non-hydrogen) atoms. The van der Waals surface area contributed by atoms with E-state index in [9.17, 15) is 4.79 Å². The molecule has 0 unspecified atom stereocenters. The van der Waals surface area contributed by atoms with Crippen molar-refractivity contribution in [3.63, 3.8) is 0 Å². The number of unbranched alkanes of at least 4 members (excludes halogenated alkanes) is 4. The third kappa shape index (κ3) is 17.6. The van der Waals surface area contributed by atoms with Crippen molar-refractivity contribution in [2.45, 2.75) is 78.1 Å². The Hall–Kier alpha value is -1.61. The van der Waals surface area contributed by atoms with Gasteiger partial charge in [0.2, 0.25) is 5.91 Å². The van der Waals surface area contributed by atoms with Crippen LogP contribution in [0.2, 0.25) is 0 Å². The fourth-order valence-corrected chi connectivity index (χ4v) is 2.67. The molecule has 0 aromatic carbocycles. The molecule has 0 aliphatic rings. The highest BCUT2D eigenvalue weighted by Gasteiger charge is 2.09. The highest BCUT2D eigenvalue weighted by Crippen LogP contribution is 2.03. The summed E-state index contributed by atoms with van der Waals surface area (Å²) in [6.07, 6.45) is 28.2. The highest BCUT2D eigenvalue weighted by molar-refractivity contribution is 5.76. The quantitative estimate of drug-likeness (QED) is 0.251. The zero-order valence-electron chi connectivity index (χ0n) is 17.6. The van der Waals surface area contributed by atoms with Crippen molar-refractivity contribution >= 4 is 5.91 Å². The molecule has 3 nitrogen and oxygen atoms in total. The second kappa shape index (κ2) is 20.7. The maximum absolute atomic E-state index is 11.9. The van der Waals surface area contributed by atoms with Gasteiger partial charge < -0.3 is 10.0 Å². The van der Waals surface area contributed by atoms with Crippen LogP contribution in [0, 0.1) is 0 Å². The number of rotatable bonds is 17. The minimum atomic E-state index is 0.0384. The van der Waals surface area contributed by atoms with Crippen molar-refractivity contribution in [1.29, 1.82) is 0 Å². The molecule has 0 heterocycles. The van der Waals surface area contributed by atoms with Gasteiger partial charge in [0.1, 0.15) is 0 Å². The smallest absolute Gasteiger partial charge is 0.222 e. The molecule has 0 saturated carbocycles. The zero-order valence-corrected chi connectivity index (χ0v) is 17.6. The van der Waals surface area contributed by atoms with E-state index in [1.807, 2.05) is 6.92 Å². The second-order valence-electron chi connectivity index (χ2n) is 6.68. The van der Waals surface area contributed by atoms with Gasteiger partial charge in [0.25, 0.3) is 0 Å². The third-order valence-corrected chi connectivity index (χ3v) is 4.32. The Kier molecular flexibility index (Phi) is 19.5. The SMILES string of the molecule is CCCCC/C=C\C/C=C\C/C=C\C/C=C\CCCC(=O)N(CC)CCO. The predicted molar refractivity (Wildman–Crippen MR) is 118 cm³/mol. The van der Waals surface area contributed by atoms with Crippen molar-refractivity contribution < 1.29 is 9.90 Å². The van der Waals surface area contributed by atoms with Crippen LogP contribution >= 0.6 is 0 Å². The van der Waals surface area contributed by atoms with Crippen LogP contribution < -0.4 is 0 Å². The average molecular weight is 376 g/mol. The van der Waals surface area contributed by atoms with Gasteiger partial charge in [0, 0.05) is 19.5 Å². The molecule has 0 rings (SSSR count). The minimum absolute atomic E-state index is 0.0384. The summed E-state index contributed by atoms with van der Waals surface area (Å²) >= 11 is 0. The molecule has 0 aromatic rings. The first kappa shape index (κ1) is 25.4. The molecule has 0 aliphatic heterocycles. The van der Waals surface area contributed by atoms with E-state index in [-0.39, 0.29) is 12.5 Å². The molecular weight excluding hydrogens is 334 g/mol. The number of carbonyl (C=O) groups is 1. The van der Waals surface area contributed by atoms with Crippen LogP contribution in [-0.2, 0) is 4.79 Å². The van der Waals surface area contributed by atoms with E-state index in [2.05, 4.69) is 55.5 Å². The van der Waals surface area contributed by atoms with Crippen LogP contribution in [0.5, 0.6) is 0 Å². The first-order valence-corrected chi connectivity index (χ1v) is 10.7. The fourth-order valence-electron chi connectivity index (χ4n) is 2.67. The van der Waals surface area contributed by atoms with Crippen molar-refractivity contribution in [2.24, 2.45) is 0 Å². The van der Waals surface area contributed by atoms with Gasteiger partial charge in [-0.25, -0.2) is 0 Å². The van der Waals surface area contributed by atoms with E-state index < -0.39 is 0 Å². The van der Waals surface area contributed by atoms with Crippen molar-refractivity contribution in [3.05, 3.63) is 48.6 Å². The Morgan fingerprint density at radius 2 is 1.30 bits per heavy atom. The van der Waals surface area contributed by atoms with Gasteiger partial charge in [-0.1, -0.05) is 68.4 Å². The monoisotopic (exact) mass is 375 g/mol. The van der Waals surface area contributed by atoms with Crippen LogP contribution in [0.25, 0.3) is 0 Å². The zero-order chi connectivity index (χ0) is 20.0. The third-order valence-electron chi connectivity index (χ3n) is 4.32. The van der Waals surface area contributed by atoms with E-state index in [4.69, 9.17) is 5.11 Å². The number of carbonyl (C=O) groups excluding carboxylic acids is 1. The molecule has 154 valence electrons. The summed E-state index contributed by atoms with van der Waals surface area (Å²) in [5, 5.41) is 8.92. The highest BCUT2D eigenvalue weighted by atomic mass is 16.3. The molecule has 1 N–H and O–H groups in total. The van der Waals surface area contributed by atoms with Crippen LogP contribution in [0.15, 0.2) is 48.6 Å². The Labute approximate surface area is 167 Å². The lowest BCUT2D eigenvalue weighted by atomic mass is 10.2. The normalized spacial score (nSPS) is 12.3. The number of aliphatic hydroxyl groups is 1. The van der Waals surface area contributed by atoms with E-state index in [0.717, 1.165) is 32.1 Å². The van der Waals surface area contributed by atoms with E-state index in [1.54, 1.807) is 4.90 Å². The van der Waals surface area contributed by atoms with Gasteiger partial charge in [-0.2, -0.15) is 0 Å². The van der Waals surface area contributed by atoms with Crippen molar-refractivity contribution in [2.75, 3.05) is 19.7 Å². The Morgan fingerprint density at radius 3 is 1.78 bits per heavy atom. The maximum Gasteiger partial charge on any atom is 0.222 e. The number of likely N-dealkylation sites (N-methyl/N-ethyl adjacent to an activating group) is 1. The van der Waals surface area contributed by atoms with Gasteiger partial charge in [-0.3, -0.25) is 4.79 Å². The molecule has 0 fully saturated rings. The molecule has 0 aliphatic carbocycles. The summed E-state index contributed by atoms with van der Waals surface area (Å²) in [7, 11) is 0. The fraction of sp³-hybridized carbons (Fsp3) is 0.625. The number of hydrogen-bond acceptors (Lipinski definition) is 2. The summed E-state index contributed by atoms with van der Waals surface area (Å²) in [4.78, 5) is 13.6. The summed E-state index contributed by atoms with van der Waals surface area (Å²) in [5.41, 5.74) is 0. The largest absolute Gasteiger partial charge is 0.395 e. The van der Waals surface area contributed by atoms with Crippen LogP contribution in [0.1, 0.15) is 78.1 Å². The molecule has 3 heteroatoms. The molecular formula is C24H41NO2. The van der Waals surface area contributed by atoms with E-state index in [1.165, 1.54) is 25.7 Å². The summed E-state index contributed by atoms with van der Waals surface area (Å²) in [5.74, 6) is 0.141. The maximum atomic E-state index is 11.9. The van der Waals surface area contributed by atoms with Gasteiger partial charge >= 0.3 is 0 Å². The van der Waals surface area contributed by atoms with Crippen LogP contribution in [-0.4, -0.2) is 35.6 Å². The summed E-state index contributed by atoms with van der Waals surface area (Å²) in [6.45, 7) is 5.33. The predicted octanol–water partition coefficient (Wildman–Crippen LogP) is 5.97. The number of aliphatic hydroxyl groups excluding tert-OH is 1. The number of hydrogen-bond donors (Lipinski definition) is 1. The summed E-state index contributed by atoms with van der Waals surface area (Å²) in [6, 6.07) is 0. The Morgan fingerprint density at radius 1 is 0.778 bits per heavy atom. The molecule has 0 atom stereocenters. The van der Waals surface area contributed by atoms with Gasteiger partial charge in [0.15, 0.2) is 0 Å². The molecule has 1 amide bonds. The lowest BCUT2D eigenvalue weighted by molar-refractivity contribution is -0.131.